The van der Waals surface area contributed by atoms with Crippen molar-refractivity contribution in [3.8, 4) is 5.75 Å². The third kappa shape index (κ3) is 10.5. The Morgan fingerprint density at radius 1 is 0.868 bits per heavy atom. The number of hydrogen-bond donors (Lipinski definition) is 5. The van der Waals surface area contributed by atoms with Crippen LogP contribution < -0.4 is 16.2 Å². The number of unbranched alkanes of at least 4 members (excludes halogenated alkanes) is 6. The summed E-state index contributed by atoms with van der Waals surface area (Å²) >= 11 is 0. The average Bonchev–Trinajstić information content (AvgIpc) is 3.18. The molecule has 1 amide bonds. The maximum atomic E-state index is 13.1. The van der Waals surface area contributed by atoms with Crippen molar-refractivity contribution in [3.63, 3.8) is 0 Å². The first-order valence-corrected chi connectivity index (χ1v) is 19.1. The summed E-state index contributed by atoms with van der Waals surface area (Å²) in [6, 6.07) is 22.7. The summed E-state index contributed by atoms with van der Waals surface area (Å²) in [5.74, 6) is 0.0167. The minimum Gasteiger partial charge on any atom is -0.506 e. The lowest BCUT2D eigenvalue weighted by molar-refractivity contribution is -0.0336. The highest BCUT2D eigenvalue weighted by Crippen LogP contribution is 2.31. The van der Waals surface area contributed by atoms with Crippen LogP contribution in [-0.2, 0) is 9.47 Å². The van der Waals surface area contributed by atoms with Crippen molar-refractivity contribution in [1.82, 2.24) is 20.5 Å². The van der Waals surface area contributed by atoms with E-state index in [1.807, 2.05) is 42.5 Å². The highest BCUT2D eigenvalue weighted by molar-refractivity contribution is 5.89. The molecular weight excluding hydrogens is 672 g/mol. The molecule has 3 saturated heterocycles. The van der Waals surface area contributed by atoms with Crippen LogP contribution in [0.2, 0.25) is 0 Å². The van der Waals surface area contributed by atoms with Crippen LogP contribution in [0.15, 0.2) is 83.7 Å². The largest absolute Gasteiger partial charge is 0.506 e. The molecule has 282 valence electrons. The third-order valence-electron chi connectivity index (χ3n) is 10.5. The van der Waals surface area contributed by atoms with Gasteiger partial charge in [-0.05, 0) is 92.2 Å². The molecule has 7 rings (SSSR count). The van der Waals surface area contributed by atoms with E-state index in [1.165, 1.54) is 12.1 Å². The van der Waals surface area contributed by atoms with E-state index >= 15 is 0 Å². The number of phenolic OH excluding ortho intramolecular Hbond substituents is 1. The number of aromatic nitrogens is 1. The molecule has 2 bridgehead atoms. The molecule has 0 aliphatic carbocycles. The van der Waals surface area contributed by atoms with Gasteiger partial charge in [-0.1, -0.05) is 80.6 Å². The van der Waals surface area contributed by atoms with Crippen LogP contribution in [0.5, 0.6) is 5.75 Å². The molecule has 3 aliphatic rings. The third-order valence-corrected chi connectivity index (χ3v) is 10.5. The number of piperidine rings is 3. The molecule has 11 nitrogen and oxygen atoms in total. The molecule has 53 heavy (non-hydrogen) atoms. The number of aromatic hydroxyl groups is 1. The summed E-state index contributed by atoms with van der Waals surface area (Å²) in [5.41, 5.74) is 2.82. The van der Waals surface area contributed by atoms with E-state index in [4.69, 9.17) is 9.47 Å². The standard InChI is InChI=1S/C42H52N4O7/c47-35-18-16-33(34-17-19-38(49)44-40(34)35)36(48)27-43-22-9-4-2-1-3-5-10-25-52-41(50)32-15-11-14-31(26-32)39(30-12-7-6-8-13-30)45-42(51)53-37-28-46-23-20-29(37)21-24-46/h6-8,11-19,26,29,36-37,39,43,47-48H,1-5,9-10,20-25,27-28H2,(H,44,49)(H,45,51)/t36-,37-,39?/m0/s1. The number of nitrogens with zero attached hydrogens (tertiary/aromatic N) is 1. The molecular formula is C42H52N4O7. The molecule has 3 aromatic carbocycles. The van der Waals surface area contributed by atoms with Gasteiger partial charge in [0.05, 0.1) is 29.8 Å². The maximum Gasteiger partial charge on any atom is 0.408 e. The topological polar surface area (TPSA) is 153 Å². The Morgan fingerprint density at radius 2 is 1.60 bits per heavy atom. The number of hydrogen-bond acceptors (Lipinski definition) is 9. The van der Waals surface area contributed by atoms with Gasteiger partial charge in [-0.2, -0.15) is 0 Å². The molecule has 0 spiro atoms. The van der Waals surface area contributed by atoms with Gasteiger partial charge >= 0.3 is 12.1 Å². The van der Waals surface area contributed by atoms with Crippen molar-refractivity contribution in [2.24, 2.45) is 5.92 Å². The zero-order valence-corrected chi connectivity index (χ0v) is 30.3. The van der Waals surface area contributed by atoms with Gasteiger partial charge in [0.15, 0.2) is 0 Å². The molecule has 4 aromatic rings. The predicted octanol–water partition coefficient (Wildman–Crippen LogP) is 6.35. The number of carbonyl (C=O) groups excluding carboxylic acids is 2. The Labute approximate surface area is 310 Å². The number of carbonyl (C=O) groups is 2. The van der Waals surface area contributed by atoms with Gasteiger partial charge in [-0.25, -0.2) is 9.59 Å². The quantitative estimate of drug-likeness (QED) is 0.0584. The SMILES string of the molecule is O=C(NC(c1ccccc1)c1cccc(C(=O)OCCCCCCCCCNC[C@H](O)c2ccc(O)c3[nH]c(=O)ccc23)c1)O[C@H]1CN2CCC1CC2. The predicted molar refractivity (Wildman–Crippen MR) is 204 cm³/mol. The maximum absolute atomic E-state index is 13.1. The number of ether oxygens (including phenoxy) is 2. The number of phenols is 1. The summed E-state index contributed by atoms with van der Waals surface area (Å²) in [5, 5.41) is 27.8. The first-order chi connectivity index (χ1) is 25.9. The second-order valence-electron chi connectivity index (χ2n) is 14.3. The summed E-state index contributed by atoms with van der Waals surface area (Å²) in [4.78, 5) is 42.8. The number of alkyl carbamates (subject to hydrolysis) is 1. The second-order valence-corrected chi connectivity index (χ2v) is 14.3. The van der Waals surface area contributed by atoms with Gasteiger partial charge in [0.25, 0.3) is 0 Å². The fourth-order valence-electron chi connectivity index (χ4n) is 7.57. The minimum absolute atomic E-state index is 0.0222. The van der Waals surface area contributed by atoms with Gasteiger partial charge in [-0.15, -0.1) is 0 Å². The number of rotatable bonds is 18. The molecule has 0 radical (unpaired) electrons. The lowest BCUT2D eigenvalue weighted by Gasteiger charge is -2.43. The lowest BCUT2D eigenvalue weighted by atomic mass is 9.86. The minimum atomic E-state index is -0.763. The van der Waals surface area contributed by atoms with Crippen LogP contribution in [0.4, 0.5) is 4.79 Å². The summed E-state index contributed by atoms with van der Waals surface area (Å²) < 4.78 is 11.6. The van der Waals surface area contributed by atoms with Crippen LogP contribution in [0.1, 0.15) is 97.0 Å². The summed E-state index contributed by atoms with van der Waals surface area (Å²) in [6.07, 6.45) is 7.94. The van der Waals surface area contributed by atoms with Crippen molar-refractivity contribution in [2.75, 3.05) is 39.3 Å². The average molecular weight is 725 g/mol. The van der Waals surface area contributed by atoms with Crippen LogP contribution in [0.3, 0.4) is 0 Å². The van der Waals surface area contributed by atoms with E-state index < -0.39 is 18.2 Å². The highest BCUT2D eigenvalue weighted by Gasteiger charge is 2.37. The van der Waals surface area contributed by atoms with Crippen LogP contribution in [-0.4, -0.2) is 77.6 Å². The number of H-pyrrole nitrogens is 1. The number of aliphatic hydroxyl groups excluding tert-OH is 1. The Bertz CT molecular complexity index is 1860. The fourth-order valence-corrected chi connectivity index (χ4v) is 7.57. The lowest BCUT2D eigenvalue weighted by Crippen LogP contribution is -2.52. The van der Waals surface area contributed by atoms with E-state index in [0.717, 1.165) is 95.1 Å². The van der Waals surface area contributed by atoms with E-state index in [9.17, 15) is 24.6 Å². The molecule has 3 fully saturated rings. The van der Waals surface area contributed by atoms with Gasteiger partial charge in [0.2, 0.25) is 5.56 Å². The van der Waals surface area contributed by atoms with Gasteiger partial charge in [-0.3, -0.25) is 9.69 Å². The van der Waals surface area contributed by atoms with E-state index in [0.29, 0.717) is 41.1 Å². The Morgan fingerprint density at radius 3 is 2.36 bits per heavy atom. The first-order valence-electron chi connectivity index (χ1n) is 19.1. The Kier molecular flexibility index (Phi) is 13.5. The van der Waals surface area contributed by atoms with Gasteiger partial charge in [0, 0.05) is 24.5 Å². The summed E-state index contributed by atoms with van der Waals surface area (Å²) in [7, 11) is 0. The second kappa shape index (κ2) is 18.9. The van der Waals surface area contributed by atoms with E-state index in [1.54, 1.807) is 24.3 Å². The van der Waals surface area contributed by atoms with Crippen LogP contribution in [0.25, 0.3) is 10.9 Å². The zero-order chi connectivity index (χ0) is 37.0. The smallest absolute Gasteiger partial charge is 0.408 e. The van der Waals surface area contributed by atoms with Crippen molar-refractivity contribution >= 4 is 23.0 Å². The van der Waals surface area contributed by atoms with Gasteiger partial charge in [0.1, 0.15) is 11.9 Å². The zero-order valence-electron chi connectivity index (χ0n) is 30.3. The number of fused-ring (bicyclic) bond motifs is 4. The molecule has 1 aromatic heterocycles. The molecule has 3 aliphatic heterocycles. The van der Waals surface area contributed by atoms with E-state index in [2.05, 4.69) is 20.5 Å². The normalized spacial score (nSPS) is 19.1. The number of amides is 1. The highest BCUT2D eigenvalue weighted by atomic mass is 16.6. The Hall–Kier alpha value is -4.71. The molecule has 1 unspecified atom stereocenters. The molecule has 0 saturated carbocycles. The first kappa shape index (κ1) is 38.0. The Balaban J connectivity index is 0.863. The van der Waals surface area contributed by atoms with E-state index in [-0.39, 0.29) is 23.4 Å². The molecule has 3 atom stereocenters. The molecule has 4 heterocycles. The fraction of sp³-hybridized carbons (Fsp3) is 0.452. The number of nitrogens with one attached hydrogen (secondary N) is 3. The van der Waals surface area contributed by atoms with Crippen LogP contribution >= 0.6 is 0 Å². The molecule has 11 heteroatoms. The molecule has 5 N–H and O–H groups in total. The van der Waals surface area contributed by atoms with Crippen LogP contribution in [0, 0.1) is 5.92 Å². The van der Waals surface area contributed by atoms with Crippen molar-refractivity contribution < 1.29 is 29.3 Å². The van der Waals surface area contributed by atoms with Crippen molar-refractivity contribution in [3.05, 3.63) is 111 Å². The number of aliphatic hydroxyl groups is 1. The number of benzene rings is 3. The summed E-state index contributed by atoms with van der Waals surface area (Å²) in [6.45, 7) is 4.45. The van der Waals surface area contributed by atoms with Gasteiger partial charge < -0.3 is 35.3 Å². The monoisotopic (exact) mass is 724 g/mol. The van der Waals surface area contributed by atoms with Crippen molar-refractivity contribution in [2.45, 2.75) is 76.0 Å². The van der Waals surface area contributed by atoms with Crippen molar-refractivity contribution in [1.29, 1.82) is 0 Å². The number of pyridine rings is 1. The number of aromatic amines is 1. The number of esters is 1.